The Morgan fingerprint density at radius 2 is 1.75 bits per heavy atom. The molecule has 0 spiro atoms. The van der Waals surface area contributed by atoms with Crippen LogP contribution in [-0.2, 0) is 0 Å². The van der Waals surface area contributed by atoms with Gasteiger partial charge in [-0.05, 0) is 49.3 Å². The van der Waals surface area contributed by atoms with Crippen LogP contribution in [0.3, 0.4) is 0 Å². The van der Waals surface area contributed by atoms with Crippen LogP contribution in [0.2, 0.25) is 0 Å². The van der Waals surface area contributed by atoms with Gasteiger partial charge in [0, 0.05) is 31.4 Å². The second-order valence-corrected chi connectivity index (χ2v) is 5.30. The fourth-order valence-electron chi connectivity index (χ4n) is 1.80. The number of carbonyl (C=O) groups is 1. The topological polar surface area (TPSA) is 44.4 Å². The number of rotatable bonds is 5. The first-order valence-corrected chi connectivity index (χ1v) is 7.28. The Morgan fingerprint density at radius 1 is 1.20 bits per heavy atom. The lowest BCUT2D eigenvalue weighted by Gasteiger charge is -2.18. The van der Waals surface area contributed by atoms with Crippen LogP contribution >= 0.6 is 12.2 Å². The fraction of sp³-hybridized carbons (Fsp3) is 0.467. The third-order valence-electron chi connectivity index (χ3n) is 3.12. The van der Waals surface area contributed by atoms with Gasteiger partial charge in [0.1, 0.15) is 0 Å². The van der Waals surface area contributed by atoms with Crippen LogP contribution in [0.4, 0.5) is 5.69 Å². The van der Waals surface area contributed by atoms with E-state index in [9.17, 15) is 4.79 Å². The number of amides is 1. The van der Waals surface area contributed by atoms with E-state index in [0.29, 0.717) is 16.7 Å². The van der Waals surface area contributed by atoms with E-state index in [-0.39, 0.29) is 5.91 Å². The summed E-state index contributed by atoms with van der Waals surface area (Å²) < 4.78 is 0. The summed E-state index contributed by atoms with van der Waals surface area (Å²) in [5.41, 5.74) is 1.54. The van der Waals surface area contributed by atoms with Crippen molar-refractivity contribution in [3.8, 4) is 0 Å². The van der Waals surface area contributed by atoms with Crippen molar-refractivity contribution >= 4 is 28.9 Å². The number of nitrogens with one attached hydrogen (secondary N) is 2. The van der Waals surface area contributed by atoms with Crippen LogP contribution in [0.15, 0.2) is 24.3 Å². The van der Waals surface area contributed by atoms with Crippen LogP contribution in [-0.4, -0.2) is 36.1 Å². The lowest BCUT2D eigenvalue weighted by molar-refractivity contribution is 0.0827. The Labute approximate surface area is 126 Å². The minimum absolute atomic E-state index is 0.00529. The lowest BCUT2D eigenvalue weighted by atomic mass is 10.2. The SMILES string of the molecule is CCC(CC)NC(=S)Nc1ccc(C(=O)N(C)C)cc1. The minimum Gasteiger partial charge on any atom is -0.360 e. The summed E-state index contributed by atoms with van der Waals surface area (Å²) in [7, 11) is 3.48. The van der Waals surface area contributed by atoms with Crippen molar-refractivity contribution in [2.24, 2.45) is 0 Å². The number of benzene rings is 1. The number of anilines is 1. The largest absolute Gasteiger partial charge is 0.360 e. The molecule has 0 aliphatic carbocycles. The average molecular weight is 293 g/mol. The highest BCUT2D eigenvalue weighted by atomic mass is 32.1. The standard InChI is InChI=1S/C15H23N3OS/c1-5-12(6-2)16-15(20)17-13-9-7-11(8-10-13)14(19)18(3)4/h7-10,12H,5-6H2,1-4H3,(H2,16,17,20). The van der Waals surface area contributed by atoms with Crippen molar-refractivity contribution in [2.45, 2.75) is 32.7 Å². The van der Waals surface area contributed by atoms with Crippen LogP contribution in [0.5, 0.6) is 0 Å². The third kappa shape index (κ3) is 4.81. The molecular formula is C15H23N3OS. The molecule has 0 unspecified atom stereocenters. The molecule has 0 aliphatic heterocycles. The molecule has 0 saturated heterocycles. The van der Waals surface area contributed by atoms with Crippen molar-refractivity contribution in [1.29, 1.82) is 0 Å². The summed E-state index contributed by atoms with van der Waals surface area (Å²) in [4.78, 5) is 13.3. The maximum Gasteiger partial charge on any atom is 0.253 e. The van der Waals surface area contributed by atoms with Crippen molar-refractivity contribution in [2.75, 3.05) is 19.4 Å². The van der Waals surface area contributed by atoms with Crippen molar-refractivity contribution < 1.29 is 4.79 Å². The Morgan fingerprint density at radius 3 is 2.20 bits per heavy atom. The lowest BCUT2D eigenvalue weighted by Crippen LogP contribution is -2.36. The van der Waals surface area contributed by atoms with E-state index in [4.69, 9.17) is 12.2 Å². The summed E-state index contributed by atoms with van der Waals surface area (Å²) >= 11 is 5.27. The fourth-order valence-corrected chi connectivity index (χ4v) is 2.08. The normalized spacial score (nSPS) is 10.2. The van der Waals surface area contributed by atoms with Gasteiger partial charge in [-0.3, -0.25) is 4.79 Å². The van der Waals surface area contributed by atoms with Crippen LogP contribution in [0.25, 0.3) is 0 Å². The van der Waals surface area contributed by atoms with Crippen molar-refractivity contribution in [3.63, 3.8) is 0 Å². The van der Waals surface area contributed by atoms with Gasteiger partial charge >= 0.3 is 0 Å². The van der Waals surface area contributed by atoms with Gasteiger partial charge in [-0.15, -0.1) is 0 Å². The molecule has 1 aromatic carbocycles. The van der Waals surface area contributed by atoms with Gasteiger partial charge in [-0.25, -0.2) is 0 Å². The molecule has 1 aromatic rings. The zero-order chi connectivity index (χ0) is 15.1. The van der Waals surface area contributed by atoms with E-state index in [1.54, 1.807) is 31.1 Å². The average Bonchev–Trinajstić information content (AvgIpc) is 2.44. The zero-order valence-corrected chi connectivity index (χ0v) is 13.4. The molecule has 2 N–H and O–H groups in total. The van der Waals surface area contributed by atoms with Crippen LogP contribution in [0, 0.1) is 0 Å². The number of hydrogen-bond donors (Lipinski definition) is 2. The molecule has 1 amide bonds. The Balaban J connectivity index is 2.61. The first kappa shape index (κ1) is 16.4. The van der Waals surface area contributed by atoms with E-state index in [1.165, 1.54) is 0 Å². The summed E-state index contributed by atoms with van der Waals surface area (Å²) in [5.74, 6) is -0.00529. The molecule has 4 nitrogen and oxygen atoms in total. The van der Waals surface area contributed by atoms with E-state index < -0.39 is 0 Å². The molecule has 0 bridgehead atoms. The van der Waals surface area contributed by atoms with Gasteiger partial charge in [-0.1, -0.05) is 13.8 Å². The van der Waals surface area contributed by atoms with E-state index >= 15 is 0 Å². The molecule has 0 radical (unpaired) electrons. The van der Waals surface area contributed by atoms with Crippen molar-refractivity contribution in [3.05, 3.63) is 29.8 Å². The molecule has 110 valence electrons. The van der Waals surface area contributed by atoms with Gasteiger partial charge in [0.15, 0.2) is 5.11 Å². The molecule has 1 rings (SSSR count). The van der Waals surface area contributed by atoms with E-state index in [1.807, 2.05) is 12.1 Å². The third-order valence-corrected chi connectivity index (χ3v) is 3.34. The summed E-state index contributed by atoms with van der Waals surface area (Å²) in [5, 5.41) is 7.01. The maximum absolute atomic E-state index is 11.8. The Bertz CT molecular complexity index is 453. The first-order chi connectivity index (χ1) is 9.47. The highest BCUT2D eigenvalue weighted by Crippen LogP contribution is 2.11. The van der Waals surface area contributed by atoms with Crippen LogP contribution < -0.4 is 10.6 Å². The van der Waals surface area contributed by atoms with Gasteiger partial charge in [0.25, 0.3) is 5.91 Å². The number of nitrogens with zero attached hydrogens (tertiary/aromatic N) is 1. The van der Waals surface area contributed by atoms with Crippen molar-refractivity contribution in [1.82, 2.24) is 10.2 Å². The van der Waals surface area contributed by atoms with Crippen LogP contribution in [0.1, 0.15) is 37.0 Å². The highest BCUT2D eigenvalue weighted by molar-refractivity contribution is 7.80. The smallest absolute Gasteiger partial charge is 0.253 e. The van der Waals surface area contributed by atoms with Gasteiger partial charge in [0.05, 0.1) is 0 Å². The van der Waals surface area contributed by atoms with Gasteiger partial charge < -0.3 is 15.5 Å². The maximum atomic E-state index is 11.8. The molecule has 5 heteroatoms. The molecule has 0 heterocycles. The van der Waals surface area contributed by atoms with E-state index in [2.05, 4.69) is 24.5 Å². The second-order valence-electron chi connectivity index (χ2n) is 4.89. The summed E-state index contributed by atoms with van der Waals surface area (Å²) in [6.45, 7) is 4.26. The molecule has 0 aromatic heterocycles. The van der Waals surface area contributed by atoms with E-state index in [0.717, 1.165) is 18.5 Å². The molecule has 0 saturated carbocycles. The summed E-state index contributed by atoms with van der Waals surface area (Å²) in [6.07, 6.45) is 2.07. The number of carbonyl (C=O) groups excluding carboxylic acids is 1. The Kier molecular flexibility index (Phi) is 6.45. The van der Waals surface area contributed by atoms with Gasteiger partial charge in [0.2, 0.25) is 0 Å². The number of thiocarbonyl (C=S) groups is 1. The Hall–Kier alpha value is -1.62. The molecular weight excluding hydrogens is 270 g/mol. The molecule has 0 atom stereocenters. The zero-order valence-electron chi connectivity index (χ0n) is 12.6. The minimum atomic E-state index is -0.00529. The first-order valence-electron chi connectivity index (χ1n) is 6.87. The number of hydrogen-bond acceptors (Lipinski definition) is 2. The predicted molar refractivity (Wildman–Crippen MR) is 88.2 cm³/mol. The molecule has 0 fully saturated rings. The monoisotopic (exact) mass is 293 g/mol. The summed E-state index contributed by atoms with van der Waals surface area (Å²) in [6, 6.07) is 7.70. The van der Waals surface area contributed by atoms with Gasteiger partial charge in [-0.2, -0.15) is 0 Å². The predicted octanol–water partition coefficient (Wildman–Crippen LogP) is 2.86. The highest BCUT2D eigenvalue weighted by Gasteiger charge is 2.08. The molecule has 20 heavy (non-hydrogen) atoms. The quantitative estimate of drug-likeness (QED) is 0.819. The second kappa shape index (κ2) is 7.85. The molecule has 0 aliphatic rings.